The number of likely N-dealkylation sites (N-methyl/N-ethyl adjacent to an activating group) is 1. The van der Waals surface area contributed by atoms with Gasteiger partial charge in [-0.3, -0.25) is 19.7 Å². The van der Waals surface area contributed by atoms with Gasteiger partial charge in [-0.25, -0.2) is 0 Å². The second-order valence-corrected chi connectivity index (χ2v) is 6.76. The molecule has 9 nitrogen and oxygen atoms in total. The van der Waals surface area contributed by atoms with E-state index in [1.807, 2.05) is 0 Å². The molecule has 0 heterocycles. The van der Waals surface area contributed by atoms with Crippen LogP contribution >= 0.6 is 11.6 Å². The van der Waals surface area contributed by atoms with Gasteiger partial charge in [-0.2, -0.15) is 0 Å². The van der Waals surface area contributed by atoms with E-state index in [0.29, 0.717) is 5.02 Å². The topological polar surface area (TPSA) is 111 Å². The summed E-state index contributed by atoms with van der Waals surface area (Å²) in [6, 6.07) is 10.2. The number of rotatable bonds is 9. The third-order valence-corrected chi connectivity index (χ3v) is 4.60. The molecule has 2 aromatic carbocycles. The number of carbonyl (C=O) groups is 2. The zero-order valence-corrected chi connectivity index (χ0v) is 17.5. The van der Waals surface area contributed by atoms with Crippen molar-refractivity contribution in [3.63, 3.8) is 0 Å². The van der Waals surface area contributed by atoms with Crippen LogP contribution in [0.25, 0.3) is 0 Å². The summed E-state index contributed by atoms with van der Waals surface area (Å²) in [5.41, 5.74) is 0.538. The first-order valence-electron chi connectivity index (χ1n) is 8.97. The van der Waals surface area contributed by atoms with Crippen molar-refractivity contribution in [3.05, 3.63) is 63.2 Å². The molecular formula is C20H22ClN3O6. The number of carbonyl (C=O) groups excluding carboxylic acids is 2. The largest absolute Gasteiger partial charge is 0.490 e. The second-order valence-electron chi connectivity index (χ2n) is 6.32. The van der Waals surface area contributed by atoms with E-state index in [4.69, 9.17) is 21.1 Å². The number of nitro benzene ring substituents is 1. The molecule has 160 valence electrons. The van der Waals surface area contributed by atoms with Gasteiger partial charge in [-0.05, 0) is 30.7 Å². The van der Waals surface area contributed by atoms with E-state index in [-0.39, 0.29) is 36.2 Å². The monoisotopic (exact) mass is 435 g/mol. The molecular weight excluding hydrogens is 414 g/mol. The van der Waals surface area contributed by atoms with Crippen LogP contribution in [-0.4, -0.2) is 48.4 Å². The Morgan fingerprint density at radius 2 is 2.00 bits per heavy atom. The summed E-state index contributed by atoms with van der Waals surface area (Å²) in [4.78, 5) is 36.7. The SMILES string of the molecule is CNC(=O)[C@H](C)N(Cc1cccc(Cl)c1)C(=O)COc1ccc([N+](=O)[O-])c(OC)c1. The molecule has 1 atom stereocenters. The average molecular weight is 436 g/mol. The summed E-state index contributed by atoms with van der Waals surface area (Å²) in [5, 5.41) is 14.0. The number of nitro groups is 1. The third-order valence-electron chi connectivity index (χ3n) is 4.37. The van der Waals surface area contributed by atoms with Gasteiger partial charge < -0.3 is 19.7 Å². The molecule has 0 aromatic heterocycles. The van der Waals surface area contributed by atoms with Gasteiger partial charge in [0.05, 0.1) is 12.0 Å². The van der Waals surface area contributed by atoms with Crippen molar-refractivity contribution in [2.75, 3.05) is 20.8 Å². The van der Waals surface area contributed by atoms with Gasteiger partial charge in [0.15, 0.2) is 6.61 Å². The molecule has 0 fully saturated rings. The summed E-state index contributed by atoms with van der Waals surface area (Å²) >= 11 is 6.01. The Kier molecular flexibility index (Phi) is 7.99. The number of hydrogen-bond acceptors (Lipinski definition) is 6. The maximum atomic E-state index is 12.8. The van der Waals surface area contributed by atoms with Crippen LogP contribution in [0.5, 0.6) is 11.5 Å². The highest BCUT2D eigenvalue weighted by atomic mass is 35.5. The summed E-state index contributed by atoms with van der Waals surface area (Å²) < 4.78 is 10.5. The van der Waals surface area contributed by atoms with Crippen LogP contribution in [-0.2, 0) is 16.1 Å². The van der Waals surface area contributed by atoms with Crippen LogP contribution in [0.1, 0.15) is 12.5 Å². The quantitative estimate of drug-likeness (QED) is 0.479. The Labute approximate surface area is 178 Å². The summed E-state index contributed by atoms with van der Waals surface area (Å²) in [5.74, 6) is -0.536. The third kappa shape index (κ3) is 5.84. The van der Waals surface area contributed by atoms with Crippen molar-refractivity contribution in [2.45, 2.75) is 19.5 Å². The molecule has 30 heavy (non-hydrogen) atoms. The van der Waals surface area contributed by atoms with Crippen molar-refractivity contribution in [1.29, 1.82) is 0 Å². The first kappa shape index (κ1) is 23.0. The number of nitrogens with one attached hydrogen (secondary N) is 1. The molecule has 0 saturated carbocycles. The molecule has 0 aliphatic rings. The van der Waals surface area contributed by atoms with Crippen LogP contribution in [0.15, 0.2) is 42.5 Å². The summed E-state index contributed by atoms with van der Waals surface area (Å²) in [7, 11) is 2.79. The lowest BCUT2D eigenvalue weighted by atomic mass is 10.1. The van der Waals surface area contributed by atoms with Gasteiger partial charge in [0.25, 0.3) is 5.91 Å². The predicted molar refractivity (Wildman–Crippen MR) is 111 cm³/mol. The standard InChI is InChI=1S/C20H22ClN3O6/c1-13(20(26)22-2)23(11-14-5-4-6-15(21)9-14)19(25)12-30-16-7-8-17(24(27)28)18(10-16)29-3/h4-10,13H,11-12H2,1-3H3,(H,22,26)/t13-/m0/s1. The molecule has 1 N–H and O–H groups in total. The maximum Gasteiger partial charge on any atom is 0.311 e. The van der Waals surface area contributed by atoms with Gasteiger partial charge in [-0.1, -0.05) is 23.7 Å². The Hall–Kier alpha value is -3.33. The number of halogens is 1. The fraction of sp³-hybridized carbons (Fsp3) is 0.300. The van der Waals surface area contributed by atoms with Gasteiger partial charge in [0, 0.05) is 30.7 Å². The number of amides is 2. The van der Waals surface area contributed by atoms with E-state index in [9.17, 15) is 19.7 Å². The highest BCUT2D eigenvalue weighted by molar-refractivity contribution is 6.30. The molecule has 0 spiro atoms. The Morgan fingerprint density at radius 1 is 1.27 bits per heavy atom. The summed E-state index contributed by atoms with van der Waals surface area (Å²) in [6.45, 7) is 1.39. The van der Waals surface area contributed by atoms with Crippen molar-refractivity contribution in [2.24, 2.45) is 0 Å². The minimum Gasteiger partial charge on any atom is -0.490 e. The number of hydrogen-bond donors (Lipinski definition) is 1. The molecule has 2 amide bonds. The van der Waals surface area contributed by atoms with Crippen molar-refractivity contribution in [3.8, 4) is 11.5 Å². The summed E-state index contributed by atoms with van der Waals surface area (Å²) in [6.07, 6.45) is 0. The first-order valence-corrected chi connectivity index (χ1v) is 9.35. The molecule has 0 aliphatic heterocycles. The highest BCUT2D eigenvalue weighted by Crippen LogP contribution is 2.30. The molecule has 0 aliphatic carbocycles. The Balaban J connectivity index is 2.17. The van der Waals surface area contributed by atoms with Crippen LogP contribution in [0, 0.1) is 10.1 Å². The molecule has 10 heteroatoms. The number of ether oxygens (including phenoxy) is 2. The average Bonchev–Trinajstić information content (AvgIpc) is 2.74. The molecule has 2 aromatic rings. The number of benzene rings is 2. The second kappa shape index (κ2) is 10.4. The maximum absolute atomic E-state index is 12.8. The van der Waals surface area contributed by atoms with Crippen molar-refractivity contribution >= 4 is 29.1 Å². The first-order chi connectivity index (χ1) is 14.3. The lowest BCUT2D eigenvalue weighted by Crippen LogP contribution is -2.48. The van der Waals surface area contributed by atoms with Gasteiger partial charge in [0.2, 0.25) is 11.7 Å². The molecule has 0 bridgehead atoms. The van der Waals surface area contributed by atoms with Crippen molar-refractivity contribution in [1.82, 2.24) is 10.2 Å². The van der Waals surface area contributed by atoms with Gasteiger partial charge in [0.1, 0.15) is 11.8 Å². The van der Waals surface area contributed by atoms with E-state index < -0.39 is 16.9 Å². The lowest BCUT2D eigenvalue weighted by Gasteiger charge is -2.28. The fourth-order valence-electron chi connectivity index (χ4n) is 2.75. The van der Waals surface area contributed by atoms with Crippen LogP contribution in [0.4, 0.5) is 5.69 Å². The van der Waals surface area contributed by atoms with E-state index in [0.717, 1.165) is 5.56 Å². The van der Waals surface area contributed by atoms with E-state index >= 15 is 0 Å². The normalized spacial score (nSPS) is 11.3. The number of methoxy groups -OCH3 is 1. The molecule has 2 rings (SSSR count). The zero-order chi connectivity index (χ0) is 22.3. The molecule has 0 radical (unpaired) electrons. The molecule has 0 unspecified atom stereocenters. The minimum atomic E-state index is -0.753. The highest BCUT2D eigenvalue weighted by Gasteiger charge is 2.26. The van der Waals surface area contributed by atoms with Crippen LogP contribution < -0.4 is 14.8 Å². The lowest BCUT2D eigenvalue weighted by molar-refractivity contribution is -0.385. The van der Waals surface area contributed by atoms with E-state index in [1.54, 1.807) is 31.2 Å². The Morgan fingerprint density at radius 3 is 2.60 bits per heavy atom. The molecule has 0 saturated heterocycles. The van der Waals surface area contributed by atoms with E-state index in [2.05, 4.69) is 5.32 Å². The predicted octanol–water partition coefficient (Wildman–Crippen LogP) is 2.80. The smallest absolute Gasteiger partial charge is 0.311 e. The zero-order valence-electron chi connectivity index (χ0n) is 16.8. The van der Waals surface area contributed by atoms with Crippen LogP contribution in [0.3, 0.4) is 0 Å². The fourth-order valence-corrected chi connectivity index (χ4v) is 2.96. The van der Waals surface area contributed by atoms with Gasteiger partial charge in [-0.15, -0.1) is 0 Å². The van der Waals surface area contributed by atoms with Crippen LogP contribution in [0.2, 0.25) is 5.02 Å². The Bertz CT molecular complexity index is 937. The minimum absolute atomic E-state index is 0.0134. The van der Waals surface area contributed by atoms with E-state index in [1.165, 1.54) is 37.3 Å². The van der Waals surface area contributed by atoms with Gasteiger partial charge >= 0.3 is 5.69 Å². The number of nitrogens with zero attached hydrogens (tertiary/aromatic N) is 2. The van der Waals surface area contributed by atoms with Crippen molar-refractivity contribution < 1.29 is 24.0 Å².